The fourth-order valence-corrected chi connectivity index (χ4v) is 1.70. The maximum Gasteiger partial charge on any atom is 0.0900 e. The lowest BCUT2D eigenvalue weighted by molar-refractivity contribution is 0.926. The number of nitrogen functional groups attached to an aromatic ring is 2. The van der Waals surface area contributed by atoms with E-state index in [-0.39, 0.29) is 0 Å². The number of nitrogens with zero attached hydrogens (tertiary/aromatic N) is 1. The van der Waals surface area contributed by atoms with E-state index >= 15 is 0 Å². The number of aryl methyl sites for hydroxylation is 1. The van der Waals surface area contributed by atoms with Gasteiger partial charge in [-0.3, -0.25) is 5.10 Å². The summed E-state index contributed by atoms with van der Waals surface area (Å²) < 4.78 is 0. The largest absolute Gasteiger partial charge is 0.398 e. The monoisotopic (exact) mass is 190 g/mol. The van der Waals surface area contributed by atoms with Crippen LogP contribution in [0.2, 0.25) is 0 Å². The highest BCUT2D eigenvalue weighted by molar-refractivity contribution is 5.98. The van der Waals surface area contributed by atoms with E-state index in [9.17, 15) is 0 Å². The summed E-state index contributed by atoms with van der Waals surface area (Å²) in [6, 6.07) is 1.93. The Labute approximate surface area is 82.3 Å². The molecule has 0 spiro atoms. The molecule has 0 aliphatic rings. The van der Waals surface area contributed by atoms with Gasteiger partial charge in [-0.1, -0.05) is 13.3 Å². The Kier molecular flexibility index (Phi) is 2.04. The Morgan fingerprint density at radius 3 is 2.93 bits per heavy atom. The SMILES string of the molecule is CCCc1cc(N)c2[nH]ncc2c1N. The van der Waals surface area contributed by atoms with Crippen LogP contribution in [-0.2, 0) is 6.42 Å². The van der Waals surface area contributed by atoms with Crippen molar-refractivity contribution in [3.8, 4) is 0 Å². The van der Waals surface area contributed by atoms with Gasteiger partial charge < -0.3 is 11.5 Å². The van der Waals surface area contributed by atoms with Crippen LogP contribution in [0.5, 0.6) is 0 Å². The molecule has 14 heavy (non-hydrogen) atoms. The second-order valence-corrected chi connectivity index (χ2v) is 3.45. The highest BCUT2D eigenvalue weighted by atomic mass is 15.1. The van der Waals surface area contributed by atoms with Gasteiger partial charge >= 0.3 is 0 Å². The predicted octanol–water partition coefficient (Wildman–Crippen LogP) is 1.68. The van der Waals surface area contributed by atoms with Gasteiger partial charge in [-0.25, -0.2) is 0 Å². The highest BCUT2D eigenvalue weighted by Crippen LogP contribution is 2.28. The Bertz CT molecular complexity index is 458. The lowest BCUT2D eigenvalue weighted by Crippen LogP contribution is -1.98. The molecule has 0 aliphatic heterocycles. The van der Waals surface area contributed by atoms with Crippen LogP contribution in [0.25, 0.3) is 10.9 Å². The minimum Gasteiger partial charge on any atom is -0.398 e. The molecule has 5 N–H and O–H groups in total. The molecule has 0 saturated carbocycles. The van der Waals surface area contributed by atoms with Gasteiger partial charge in [0.1, 0.15) is 0 Å². The Morgan fingerprint density at radius 2 is 2.21 bits per heavy atom. The number of nitrogens with one attached hydrogen (secondary N) is 1. The summed E-state index contributed by atoms with van der Waals surface area (Å²) in [7, 11) is 0. The molecule has 0 radical (unpaired) electrons. The molecule has 1 aromatic heterocycles. The van der Waals surface area contributed by atoms with Crippen LogP contribution in [0.3, 0.4) is 0 Å². The summed E-state index contributed by atoms with van der Waals surface area (Å²) in [5.74, 6) is 0. The molecule has 0 atom stereocenters. The smallest absolute Gasteiger partial charge is 0.0900 e. The van der Waals surface area contributed by atoms with Gasteiger partial charge in [0.25, 0.3) is 0 Å². The lowest BCUT2D eigenvalue weighted by Gasteiger charge is -2.07. The van der Waals surface area contributed by atoms with Crippen molar-refractivity contribution in [1.29, 1.82) is 0 Å². The Morgan fingerprint density at radius 1 is 1.43 bits per heavy atom. The second kappa shape index (κ2) is 3.21. The van der Waals surface area contributed by atoms with E-state index in [1.807, 2.05) is 6.07 Å². The number of hydrogen-bond acceptors (Lipinski definition) is 3. The van der Waals surface area contributed by atoms with Gasteiger partial charge in [-0.15, -0.1) is 0 Å². The minimum atomic E-state index is 0.718. The first-order valence-electron chi connectivity index (χ1n) is 4.74. The van der Waals surface area contributed by atoms with E-state index in [2.05, 4.69) is 17.1 Å². The molecule has 2 aromatic rings. The Hall–Kier alpha value is -1.71. The number of aromatic nitrogens is 2. The molecule has 4 nitrogen and oxygen atoms in total. The molecule has 0 saturated heterocycles. The summed E-state index contributed by atoms with van der Waals surface area (Å²) in [6.45, 7) is 2.12. The zero-order valence-electron chi connectivity index (χ0n) is 8.17. The maximum atomic E-state index is 6.00. The molecule has 0 bridgehead atoms. The third-order valence-corrected chi connectivity index (χ3v) is 2.41. The fourth-order valence-electron chi connectivity index (χ4n) is 1.70. The van der Waals surface area contributed by atoms with Crippen LogP contribution in [0.4, 0.5) is 11.4 Å². The fraction of sp³-hybridized carbons (Fsp3) is 0.300. The quantitative estimate of drug-likeness (QED) is 0.630. The van der Waals surface area contributed by atoms with Crippen molar-refractivity contribution in [2.45, 2.75) is 19.8 Å². The van der Waals surface area contributed by atoms with Gasteiger partial charge in [0.15, 0.2) is 0 Å². The summed E-state index contributed by atoms with van der Waals surface area (Å²) >= 11 is 0. The normalized spacial score (nSPS) is 10.9. The average molecular weight is 190 g/mol. The van der Waals surface area contributed by atoms with Crippen LogP contribution < -0.4 is 11.5 Å². The van der Waals surface area contributed by atoms with Gasteiger partial charge in [0, 0.05) is 11.1 Å². The third kappa shape index (κ3) is 1.19. The summed E-state index contributed by atoms with van der Waals surface area (Å²) in [6.07, 6.45) is 3.74. The van der Waals surface area contributed by atoms with Crippen molar-refractivity contribution in [2.75, 3.05) is 11.5 Å². The number of benzene rings is 1. The minimum absolute atomic E-state index is 0.718. The molecule has 2 rings (SSSR count). The number of aromatic amines is 1. The van der Waals surface area contributed by atoms with Crippen LogP contribution in [0, 0.1) is 0 Å². The van der Waals surface area contributed by atoms with E-state index in [1.54, 1.807) is 6.20 Å². The van der Waals surface area contributed by atoms with Crippen molar-refractivity contribution < 1.29 is 0 Å². The summed E-state index contributed by atoms with van der Waals surface area (Å²) in [4.78, 5) is 0. The molecule has 0 amide bonds. The van der Waals surface area contributed by atoms with Crippen molar-refractivity contribution in [1.82, 2.24) is 10.2 Å². The number of rotatable bonds is 2. The van der Waals surface area contributed by atoms with Crippen molar-refractivity contribution in [3.63, 3.8) is 0 Å². The molecular formula is C10H14N4. The van der Waals surface area contributed by atoms with Crippen LogP contribution >= 0.6 is 0 Å². The van der Waals surface area contributed by atoms with Gasteiger partial charge in [-0.2, -0.15) is 5.10 Å². The predicted molar refractivity (Wildman–Crippen MR) is 58.9 cm³/mol. The molecule has 74 valence electrons. The van der Waals surface area contributed by atoms with E-state index in [0.717, 1.165) is 40.7 Å². The van der Waals surface area contributed by atoms with E-state index < -0.39 is 0 Å². The van der Waals surface area contributed by atoms with Crippen molar-refractivity contribution in [2.24, 2.45) is 0 Å². The number of H-pyrrole nitrogens is 1. The molecule has 0 aliphatic carbocycles. The number of nitrogens with two attached hydrogens (primary N) is 2. The first kappa shape index (κ1) is 8.87. The molecule has 4 heteroatoms. The molecule has 1 heterocycles. The van der Waals surface area contributed by atoms with Gasteiger partial charge in [0.05, 0.1) is 17.4 Å². The van der Waals surface area contributed by atoms with Crippen molar-refractivity contribution in [3.05, 3.63) is 17.8 Å². The average Bonchev–Trinajstić information content (AvgIpc) is 2.63. The summed E-state index contributed by atoms with van der Waals surface area (Å²) in [5, 5.41) is 7.71. The number of anilines is 2. The van der Waals surface area contributed by atoms with Crippen LogP contribution in [0.15, 0.2) is 12.3 Å². The molecule has 0 fully saturated rings. The lowest BCUT2D eigenvalue weighted by atomic mass is 10.0. The standard InChI is InChI=1S/C10H14N4/c1-2-3-6-4-8(11)10-7(9(6)12)5-13-14-10/h4-5H,2-3,11-12H2,1H3,(H,13,14). The van der Waals surface area contributed by atoms with Gasteiger partial charge in [-0.05, 0) is 18.1 Å². The Balaban J connectivity index is 2.68. The van der Waals surface area contributed by atoms with Crippen LogP contribution in [0.1, 0.15) is 18.9 Å². The highest BCUT2D eigenvalue weighted by Gasteiger charge is 2.08. The zero-order valence-corrected chi connectivity index (χ0v) is 8.17. The zero-order chi connectivity index (χ0) is 10.1. The topological polar surface area (TPSA) is 80.7 Å². The molecular weight excluding hydrogens is 176 g/mol. The van der Waals surface area contributed by atoms with E-state index in [1.165, 1.54) is 0 Å². The van der Waals surface area contributed by atoms with Crippen LogP contribution in [-0.4, -0.2) is 10.2 Å². The number of hydrogen-bond donors (Lipinski definition) is 3. The molecule has 1 aromatic carbocycles. The third-order valence-electron chi connectivity index (χ3n) is 2.41. The van der Waals surface area contributed by atoms with E-state index in [4.69, 9.17) is 11.5 Å². The maximum absolute atomic E-state index is 6.00. The first-order valence-corrected chi connectivity index (χ1v) is 4.74. The summed E-state index contributed by atoms with van der Waals surface area (Å²) in [5.41, 5.74) is 15.3. The molecule has 0 unspecified atom stereocenters. The van der Waals surface area contributed by atoms with Crippen molar-refractivity contribution >= 4 is 22.3 Å². The van der Waals surface area contributed by atoms with E-state index in [0.29, 0.717) is 0 Å². The van der Waals surface area contributed by atoms with Gasteiger partial charge in [0.2, 0.25) is 0 Å². The first-order chi connectivity index (χ1) is 6.74. The second-order valence-electron chi connectivity index (χ2n) is 3.45. The number of fused-ring (bicyclic) bond motifs is 1.